The average Bonchev–Trinajstić information content (AvgIpc) is 3.01. The molecule has 2 heterocycles. The zero-order valence-electron chi connectivity index (χ0n) is 13.4. The monoisotopic (exact) mass is 390 g/mol. The molecule has 2 aliphatic rings. The standard InChI is InChI=1S/C21H15BrN2O/c22-14-6-3-12(4-7-14)18-19-15(9-10-17(19)25)24-16-8-5-13-2-1-11-23-21(13)20(16)18/h1-8,11,18,24H,9-10H2. The molecule has 0 amide bonds. The fraction of sp³-hybridized carbons (Fsp3) is 0.143. The molecular formula is C21H15BrN2O. The first kappa shape index (κ1) is 14.8. The third-order valence-electron chi connectivity index (χ3n) is 5.11. The molecule has 25 heavy (non-hydrogen) atoms. The molecule has 0 bridgehead atoms. The molecule has 1 atom stereocenters. The van der Waals surface area contributed by atoms with E-state index < -0.39 is 0 Å². The van der Waals surface area contributed by atoms with Gasteiger partial charge in [-0.3, -0.25) is 9.78 Å². The molecule has 1 aromatic heterocycles. The van der Waals surface area contributed by atoms with Crippen LogP contribution in [-0.2, 0) is 4.79 Å². The maximum absolute atomic E-state index is 12.7. The van der Waals surface area contributed by atoms with Gasteiger partial charge >= 0.3 is 0 Å². The Morgan fingerprint density at radius 1 is 1.04 bits per heavy atom. The maximum Gasteiger partial charge on any atom is 0.161 e. The van der Waals surface area contributed by atoms with Crippen molar-refractivity contribution in [2.45, 2.75) is 18.8 Å². The number of allylic oxidation sites excluding steroid dienone is 2. The summed E-state index contributed by atoms with van der Waals surface area (Å²) in [5, 5.41) is 4.60. The van der Waals surface area contributed by atoms with Crippen molar-refractivity contribution in [2.75, 3.05) is 5.32 Å². The zero-order valence-corrected chi connectivity index (χ0v) is 15.0. The first-order chi connectivity index (χ1) is 12.2. The summed E-state index contributed by atoms with van der Waals surface area (Å²) in [7, 11) is 0. The van der Waals surface area contributed by atoms with Crippen molar-refractivity contribution in [1.29, 1.82) is 0 Å². The summed E-state index contributed by atoms with van der Waals surface area (Å²) >= 11 is 3.51. The quantitative estimate of drug-likeness (QED) is 0.622. The Morgan fingerprint density at radius 3 is 2.72 bits per heavy atom. The highest BCUT2D eigenvalue weighted by Crippen LogP contribution is 2.48. The van der Waals surface area contributed by atoms with E-state index in [1.54, 1.807) is 0 Å². The number of pyridine rings is 1. The summed E-state index contributed by atoms with van der Waals surface area (Å²) in [4.78, 5) is 17.3. The predicted octanol–water partition coefficient (Wildman–Crippen LogP) is 5.17. The number of hydrogen-bond donors (Lipinski definition) is 1. The van der Waals surface area contributed by atoms with Gasteiger partial charge in [0.15, 0.2) is 5.78 Å². The highest BCUT2D eigenvalue weighted by molar-refractivity contribution is 9.10. The largest absolute Gasteiger partial charge is 0.358 e. The lowest BCUT2D eigenvalue weighted by atomic mass is 9.79. The van der Waals surface area contributed by atoms with Gasteiger partial charge in [0.25, 0.3) is 0 Å². The molecule has 4 heteroatoms. The Labute approximate surface area is 153 Å². The van der Waals surface area contributed by atoms with Gasteiger partial charge in [-0.1, -0.05) is 40.2 Å². The molecule has 1 aliphatic carbocycles. The van der Waals surface area contributed by atoms with Gasteiger partial charge < -0.3 is 5.32 Å². The molecule has 0 saturated heterocycles. The molecule has 1 N–H and O–H groups in total. The van der Waals surface area contributed by atoms with E-state index in [1.807, 2.05) is 24.4 Å². The molecule has 122 valence electrons. The molecule has 0 saturated carbocycles. The summed E-state index contributed by atoms with van der Waals surface area (Å²) in [6.07, 6.45) is 3.20. The lowest BCUT2D eigenvalue weighted by molar-refractivity contribution is -0.115. The number of carbonyl (C=O) groups is 1. The number of carbonyl (C=O) groups excluding carboxylic acids is 1. The van der Waals surface area contributed by atoms with Crippen LogP contribution in [0.3, 0.4) is 0 Å². The number of hydrogen-bond acceptors (Lipinski definition) is 3. The highest BCUT2D eigenvalue weighted by atomic mass is 79.9. The molecule has 2 aromatic carbocycles. The molecule has 3 aromatic rings. The molecule has 1 aliphatic heterocycles. The third kappa shape index (κ3) is 2.24. The average molecular weight is 391 g/mol. The Balaban J connectivity index is 1.83. The smallest absolute Gasteiger partial charge is 0.161 e. The van der Waals surface area contributed by atoms with Crippen molar-refractivity contribution in [3.05, 3.63) is 81.6 Å². The van der Waals surface area contributed by atoms with E-state index in [0.29, 0.717) is 6.42 Å². The molecule has 5 rings (SSSR count). The number of benzene rings is 2. The Kier molecular flexibility index (Phi) is 3.28. The second kappa shape index (κ2) is 5.53. The van der Waals surface area contributed by atoms with Crippen LogP contribution < -0.4 is 5.32 Å². The van der Waals surface area contributed by atoms with E-state index in [2.05, 4.69) is 56.6 Å². The Hall–Kier alpha value is -2.46. The summed E-state index contributed by atoms with van der Waals surface area (Å²) in [5.41, 5.74) is 6.24. The highest BCUT2D eigenvalue weighted by Gasteiger charge is 2.37. The number of ketones is 1. The molecule has 3 nitrogen and oxygen atoms in total. The number of nitrogens with zero attached hydrogens (tertiary/aromatic N) is 1. The van der Waals surface area contributed by atoms with E-state index in [9.17, 15) is 4.79 Å². The number of fused-ring (bicyclic) bond motifs is 3. The molecule has 0 spiro atoms. The minimum absolute atomic E-state index is 0.0621. The van der Waals surface area contributed by atoms with Gasteiger partial charge in [0.05, 0.1) is 5.52 Å². The van der Waals surface area contributed by atoms with Gasteiger partial charge in [0, 0.05) is 50.9 Å². The Morgan fingerprint density at radius 2 is 1.88 bits per heavy atom. The van der Waals surface area contributed by atoms with Crippen LogP contribution in [0.15, 0.2) is 70.5 Å². The van der Waals surface area contributed by atoms with Crippen LogP contribution in [0, 0.1) is 0 Å². The van der Waals surface area contributed by atoms with Gasteiger partial charge in [-0.05, 0) is 36.2 Å². The topological polar surface area (TPSA) is 42.0 Å². The minimum Gasteiger partial charge on any atom is -0.358 e. The summed E-state index contributed by atoms with van der Waals surface area (Å²) in [5.74, 6) is 0.182. The van der Waals surface area contributed by atoms with Crippen molar-refractivity contribution in [3.8, 4) is 0 Å². The predicted molar refractivity (Wildman–Crippen MR) is 103 cm³/mol. The van der Waals surface area contributed by atoms with Crippen LogP contribution in [-0.4, -0.2) is 10.8 Å². The normalized spacial score (nSPS) is 18.9. The van der Waals surface area contributed by atoms with Gasteiger partial charge in [0.2, 0.25) is 0 Å². The number of nitrogens with one attached hydrogen (secondary N) is 1. The third-order valence-corrected chi connectivity index (χ3v) is 5.64. The van der Waals surface area contributed by atoms with Crippen molar-refractivity contribution in [3.63, 3.8) is 0 Å². The lowest BCUT2D eigenvalue weighted by Crippen LogP contribution is -2.20. The number of rotatable bonds is 1. The summed E-state index contributed by atoms with van der Waals surface area (Å²) < 4.78 is 1.04. The van der Waals surface area contributed by atoms with Gasteiger partial charge in [-0.2, -0.15) is 0 Å². The van der Waals surface area contributed by atoms with E-state index in [-0.39, 0.29) is 11.7 Å². The van der Waals surface area contributed by atoms with Crippen molar-refractivity contribution in [2.24, 2.45) is 0 Å². The zero-order chi connectivity index (χ0) is 17.0. The van der Waals surface area contributed by atoms with Gasteiger partial charge in [-0.25, -0.2) is 0 Å². The van der Waals surface area contributed by atoms with Crippen LogP contribution in [0.25, 0.3) is 10.9 Å². The summed E-state index contributed by atoms with van der Waals surface area (Å²) in [6, 6.07) is 16.5. The second-order valence-corrected chi connectivity index (χ2v) is 7.44. The minimum atomic E-state index is -0.0621. The fourth-order valence-corrected chi connectivity index (χ4v) is 4.27. The van der Waals surface area contributed by atoms with Gasteiger partial charge in [-0.15, -0.1) is 0 Å². The number of anilines is 1. The van der Waals surface area contributed by atoms with Crippen molar-refractivity contribution < 1.29 is 4.79 Å². The van der Waals surface area contributed by atoms with Crippen LogP contribution in [0.5, 0.6) is 0 Å². The van der Waals surface area contributed by atoms with E-state index in [4.69, 9.17) is 0 Å². The fourth-order valence-electron chi connectivity index (χ4n) is 4.01. The number of Topliss-reactive ketones (excluding diaryl/α,β-unsaturated/α-hetero) is 1. The number of aromatic nitrogens is 1. The SMILES string of the molecule is O=C1CCC2=C1C(c1ccc(Br)cc1)c1c(ccc3cccnc13)N2. The van der Waals surface area contributed by atoms with Crippen molar-refractivity contribution >= 4 is 38.3 Å². The summed E-state index contributed by atoms with van der Waals surface area (Å²) in [6.45, 7) is 0. The van der Waals surface area contributed by atoms with Gasteiger partial charge in [0.1, 0.15) is 0 Å². The second-order valence-electron chi connectivity index (χ2n) is 6.53. The molecular weight excluding hydrogens is 376 g/mol. The van der Waals surface area contributed by atoms with Crippen LogP contribution in [0.2, 0.25) is 0 Å². The van der Waals surface area contributed by atoms with Crippen LogP contribution >= 0.6 is 15.9 Å². The first-order valence-electron chi connectivity index (χ1n) is 8.39. The van der Waals surface area contributed by atoms with E-state index in [1.165, 1.54) is 0 Å². The Bertz CT molecular complexity index is 1050. The first-order valence-corrected chi connectivity index (χ1v) is 9.18. The van der Waals surface area contributed by atoms with Crippen LogP contribution in [0.4, 0.5) is 5.69 Å². The van der Waals surface area contributed by atoms with Crippen molar-refractivity contribution in [1.82, 2.24) is 4.98 Å². The molecule has 1 unspecified atom stereocenters. The van der Waals surface area contributed by atoms with E-state index in [0.717, 1.165) is 49.9 Å². The molecule has 0 radical (unpaired) electrons. The number of halogens is 1. The van der Waals surface area contributed by atoms with E-state index >= 15 is 0 Å². The van der Waals surface area contributed by atoms with Crippen LogP contribution in [0.1, 0.15) is 29.9 Å². The lowest BCUT2D eigenvalue weighted by Gasteiger charge is -2.29. The maximum atomic E-state index is 12.7. The molecule has 0 fully saturated rings.